The largest absolute Gasteiger partial charge is 0.272 e. The number of hydrazine groups is 1. The Bertz CT molecular complexity index is 589. The van der Waals surface area contributed by atoms with Gasteiger partial charge in [0.15, 0.2) is 0 Å². The predicted octanol–water partition coefficient (Wildman–Crippen LogP) is 2.39. The molecule has 7 heteroatoms. The molecule has 2 aliphatic rings. The van der Waals surface area contributed by atoms with Crippen molar-refractivity contribution in [1.82, 2.24) is 15.0 Å². The first-order valence-electron chi connectivity index (χ1n) is 6.81. The molecule has 4 nitrogen and oxygen atoms in total. The molecule has 0 aromatic carbocycles. The number of carbonyl (C=O) groups excluding carboxylic acids is 1. The Morgan fingerprint density at radius 1 is 1.43 bits per heavy atom. The lowest BCUT2D eigenvalue weighted by atomic mass is 9.83. The highest BCUT2D eigenvalue weighted by Gasteiger charge is 2.62. The van der Waals surface area contributed by atoms with Gasteiger partial charge in [0.2, 0.25) is 0 Å². The summed E-state index contributed by atoms with van der Waals surface area (Å²) < 4.78 is 40.9. The number of alkyl halides is 2. The molecule has 1 aromatic heterocycles. The van der Waals surface area contributed by atoms with Crippen molar-refractivity contribution in [1.29, 1.82) is 0 Å². The first-order valence-corrected chi connectivity index (χ1v) is 6.81. The summed E-state index contributed by atoms with van der Waals surface area (Å²) in [5, 5.41) is 2.99. The Morgan fingerprint density at radius 2 is 2.14 bits per heavy atom. The van der Waals surface area contributed by atoms with Crippen molar-refractivity contribution in [2.24, 2.45) is 5.41 Å². The third-order valence-electron chi connectivity index (χ3n) is 4.52. The number of carbonyl (C=O) groups is 1. The number of aromatic nitrogens is 1. The van der Waals surface area contributed by atoms with Crippen molar-refractivity contribution in [3.63, 3.8) is 0 Å². The lowest BCUT2D eigenvalue weighted by molar-refractivity contribution is -0.156. The molecular weight excluding hydrogens is 283 g/mol. The summed E-state index contributed by atoms with van der Waals surface area (Å²) in [6, 6.07) is 0.874. The van der Waals surface area contributed by atoms with Gasteiger partial charge in [0.1, 0.15) is 11.2 Å². The lowest BCUT2D eigenvalue weighted by Gasteiger charge is -2.29. The maximum atomic E-state index is 13.8. The maximum Gasteiger partial charge on any atom is 0.260 e. The van der Waals surface area contributed by atoms with Crippen molar-refractivity contribution in [3.8, 4) is 0 Å². The minimum atomic E-state index is -3.11. The Kier molecular flexibility index (Phi) is 3.02. The minimum absolute atomic E-state index is 0.0193. The van der Waals surface area contributed by atoms with Crippen molar-refractivity contribution < 1.29 is 18.0 Å². The number of amides is 1. The van der Waals surface area contributed by atoms with Crippen molar-refractivity contribution in [2.45, 2.75) is 32.2 Å². The second-order valence-corrected chi connectivity index (χ2v) is 6.00. The van der Waals surface area contributed by atoms with Crippen LogP contribution in [0.5, 0.6) is 0 Å². The molecule has 0 saturated carbocycles. The van der Waals surface area contributed by atoms with Crippen LogP contribution in [0.4, 0.5) is 13.2 Å². The third-order valence-corrected chi connectivity index (χ3v) is 4.52. The number of fused-ring (bicyclic) bond motifs is 1. The first-order chi connectivity index (χ1) is 9.74. The summed E-state index contributed by atoms with van der Waals surface area (Å²) in [6.07, 6.45) is 3.14. The lowest BCUT2D eigenvalue weighted by Crippen LogP contribution is -2.45. The molecule has 0 bridgehead atoms. The SMILES string of the molecule is CC(F)(F)C1(C)CN2CC[C@H](c3cncc(F)c3)N2C1=O. The van der Waals surface area contributed by atoms with Crippen molar-refractivity contribution in [2.75, 3.05) is 13.1 Å². The molecule has 0 radical (unpaired) electrons. The number of pyridine rings is 1. The van der Waals surface area contributed by atoms with Gasteiger partial charge in [-0.25, -0.2) is 18.2 Å². The molecule has 2 aliphatic heterocycles. The zero-order valence-corrected chi connectivity index (χ0v) is 11.8. The fourth-order valence-corrected chi connectivity index (χ4v) is 3.05. The fraction of sp³-hybridized carbons (Fsp3) is 0.571. The molecule has 3 rings (SSSR count). The van der Waals surface area contributed by atoms with E-state index in [2.05, 4.69) is 4.98 Å². The van der Waals surface area contributed by atoms with E-state index in [1.165, 1.54) is 24.2 Å². The van der Waals surface area contributed by atoms with Gasteiger partial charge in [-0.15, -0.1) is 0 Å². The molecule has 2 saturated heterocycles. The van der Waals surface area contributed by atoms with Gasteiger partial charge in [-0.1, -0.05) is 0 Å². The summed E-state index contributed by atoms with van der Waals surface area (Å²) in [4.78, 5) is 16.3. The number of hydrogen-bond acceptors (Lipinski definition) is 3. The van der Waals surface area contributed by atoms with Crippen LogP contribution in [-0.4, -0.2) is 39.9 Å². The summed E-state index contributed by atoms with van der Waals surface area (Å²) in [7, 11) is 0. The van der Waals surface area contributed by atoms with E-state index in [9.17, 15) is 18.0 Å². The van der Waals surface area contributed by atoms with Gasteiger partial charge in [-0.05, 0) is 25.0 Å². The molecule has 0 aliphatic carbocycles. The third kappa shape index (κ3) is 2.02. The highest BCUT2D eigenvalue weighted by molar-refractivity contribution is 5.86. The van der Waals surface area contributed by atoms with Crippen LogP contribution in [0, 0.1) is 11.2 Å². The number of halogens is 3. The van der Waals surface area contributed by atoms with Crippen LogP contribution in [0.15, 0.2) is 18.5 Å². The van der Waals surface area contributed by atoms with Crippen LogP contribution in [0.1, 0.15) is 31.9 Å². The van der Waals surface area contributed by atoms with Gasteiger partial charge in [0.05, 0.1) is 12.2 Å². The first kappa shape index (κ1) is 14.3. The molecule has 0 spiro atoms. The van der Waals surface area contributed by atoms with Crippen LogP contribution in [0.3, 0.4) is 0 Å². The molecule has 0 N–H and O–H groups in total. The topological polar surface area (TPSA) is 36.4 Å². The van der Waals surface area contributed by atoms with Gasteiger partial charge >= 0.3 is 0 Å². The summed E-state index contributed by atoms with van der Waals surface area (Å²) in [6.45, 7) is 2.54. The molecule has 2 atom stereocenters. The van der Waals surface area contributed by atoms with E-state index in [0.717, 1.165) is 13.1 Å². The predicted molar refractivity (Wildman–Crippen MR) is 68.7 cm³/mol. The Balaban J connectivity index is 1.95. The van der Waals surface area contributed by atoms with Gasteiger partial charge in [0.25, 0.3) is 11.8 Å². The second-order valence-electron chi connectivity index (χ2n) is 6.00. The van der Waals surface area contributed by atoms with Crippen LogP contribution in [0.2, 0.25) is 0 Å². The average molecular weight is 299 g/mol. The number of hydrogen-bond donors (Lipinski definition) is 0. The molecule has 114 valence electrons. The van der Waals surface area contributed by atoms with E-state index in [0.29, 0.717) is 18.5 Å². The van der Waals surface area contributed by atoms with E-state index >= 15 is 0 Å². The zero-order chi connectivity index (χ0) is 15.4. The van der Waals surface area contributed by atoms with E-state index in [1.54, 1.807) is 5.01 Å². The molecular formula is C14H16F3N3O. The van der Waals surface area contributed by atoms with Crippen molar-refractivity contribution in [3.05, 3.63) is 29.8 Å². The molecule has 21 heavy (non-hydrogen) atoms. The summed E-state index contributed by atoms with van der Waals surface area (Å²) >= 11 is 0. The van der Waals surface area contributed by atoms with Crippen LogP contribution in [0.25, 0.3) is 0 Å². The Morgan fingerprint density at radius 3 is 2.76 bits per heavy atom. The standard InChI is InChI=1S/C14H16F3N3O/c1-13(14(2,16)17)8-19-4-3-11(20(19)12(13)21)9-5-10(15)7-18-6-9/h5-7,11H,3-4,8H2,1-2H3/t11-,13?/m1/s1. The zero-order valence-electron chi connectivity index (χ0n) is 11.8. The molecule has 1 amide bonds. The highest BCUT2D eigenvalue weighted by Crippen LogP contribution is 2.48. The molecule has 1 unspecified atom stereocenters. The van der Waals surface area contributed by atoms with Gasteiger partial charge in [-0.3, -0.25) is 14.8 Å². The molecule has 1 aromatic rings. The summed E-state index contributed by atoms with van der Waals surface area (Å²) in [5.74, 6) is -4.22. The van der Waals surface area contributed by atoms with Crippen LogP contribution < -0.4 is 0 Å². The van der Waals surface area contributed by atoms with Crippen molar-refractivity contribution >= 4 is 5.91 Å². The van der Waals surface area contributed by atoms with E-state index in [1.807, 2.05) is 0 Å². The molecule has 2 fully saturated rings. The maximum absolute atomic E-state index is 13.8. The van der Waals surface area contributed by atoms with Gasteiger partial charge in [0, 0.05) is 26.2 Å². The summed E-state index contributed by atoms with van der Waals surface area (Å²) in [5.41, 5.74) is -1.21. The van der Waals surface area contributed by atoms with E-state index < -0.39 is 29.1 Å². The second kappa shape index (κ2) is 4.43. The highest BCUT2D eigenvalue weighted by atomic mass is 19.3. The van der Waals surface area contributed by atoms with E-state index in [4.69, 9.17) is 0 Å². The number of rotatable bonds is 2. The quantitative estimate of drug-likeness (QED) is 0.841. The fourth-order valence-electron chi connectivity index (χ4n) is 3.05. The Labute approximate surface area is 120 Å². The monoisotopic (exact) mass is 299 g/mol. The minimum Gasteiger partial charge on any atom is -0.272 e. The van der Waals surface area contributed by atoms with Crippen LogP contribution in [-0.2, 0) is 4.79 Å². The van der Waals surface area contributed by atoms with Crippen LogP contribution >= 0.6 is 0 Å². The Hall–Kier alpha value is -1.63. The normalized spacial score (nSPS) is 30.0. The molecule has 3 heterocycles. The number of nitrogens with zero attached hydrogens (tertiary/aromatic N) is 3. The smallest absolute Gasteiger partial charge is 0.260 e. The van der Waals surface area contributed by atoms with Gasteiger partial charge in [-0.2, -0.15) is 0 Å². The average Bonchev–Trinajstić information content (AvgIpc) is 2.89. The van der Waals surface area contributed by atoms with E-state index in [-0.39, 0.29) is 6.54 Å². The van der Waals surface area contributed by atoms with Gasteiger partial charge < -0.3 is 0 Å².